The highest BCUT2D eigenvalue weighted by Crippen LogP contribution is 2.24. The number of halogens is 2. The van der Waals surface area contributed by atoms with E-state index in [2.05, 4.69) is 5.32 Å². The molecular weight excluding hydrogens is 274 g/mol. The van der Waals surface area contributed by atoms with Crippen LogP contribution in [0.2, 0.25) is 0 Å². The highest BCUT2D eigenvalue weighted by molar-refractivity contribution is 6.05. The summed E-state index contributed by atoms with van der Waals surface area (Å²) < 4.78 is 27.2. The number of amides is 1. The largest absolute Gasteiger partial charge is 0.396 e. The van der Waals surface area contributed by atoms with Gasteiger partial charge in [-0.25, -0.2) is 8.78 Å². The van der Waals surface area contributed by atoms with Gasteiger partial charge in [-0.1, -0.05) is 25.1 Å². The summed E-state index contributed by atoms with van der Waals surface area (Å²) in [7, 11) is 0. The Morgan fingerprint density at radius 1 is 1.29 bits per heavy atom. The number of hydrogen-bond donors (Lipinski definition) is 2. The standard InChI is InChI=1S/C16H16F2N2O/c1-3-10-6-4-5-9(2)15(10)20-16(21)12-7-11(17)8-13(19)14(12)18/h4-8H,3,19H2,1-2H3,(H,20,21). The average molecular weight is 290 g/mol. The summed E-state index contributed by atoms with van der Waals surface area (Å²) in [5.74, 6) is -2.39. The first-order valence-corrected chi connectivity index (χ1v) is 6.58. The lowest BCUT2D eigenvalue weighted by molar-refractivity contribution is 0.102. The van der Waals surface area contributed by atoms with Crippen molar-refractivity contribution in [2.24, 2.45) is 0 Å². The van der Waals surface area contributed by atoms with E-state index in [0.717, 1.165) is 23.3 Å². The molecule has 0 saturated heterocycles. The number of aryl methyl sites for hydroxylation is 2. The van der Waals surface area contributed by atoms with E-state index in [1.54, 1.807) is 0 Å². The molecule has 0 aliphatic rings. The first-order chi connectivity index (χ1) is 9.93. The van der Waals surface area contributed by atoms with Crippen molar-refractivity contribution in [3.05, 3.63) is 58.7 Å². The van der Waals surface area contributed by atoms with E-state index in [1.165, 1.54) is 0 Å². The molecule has 0 aromatic heterocycles. The second-order valence-corrected chi connectivity index (χ2v) is 4.77. The van der Waals surface area contributed by atoms with E-state index in [-0.39, 0.29) is 5.69 Å². The van der Waals surface area contributed by atoms with Crippen LogP contribution in [0.25, 0.3) is 0 Å². The third kappa shape index (κ3) is 3.02. The molecule has 0 unspecified atom stereocenters. The van der Waals surface area contributed by atoms with E-state index >= 15 is 0 Å². The quantitative estimate of drug-likeness (QED) is 0.847. The maximum absolute atomic E-state index is 13.9. The van der Waals surface area contributed by atoms with Gasteiger partial charge in [-0.15, -0.1) is 0 Å². The number of nitrogens with two attached hydrogens (primary N) is 1. The minimum Gasteiger partial charge on any atom is -0.396 e. The molecule has 3 nitrogen and oxygen atoms in total. The third-order valence-corrected chi connectivity index (χ3v) is 3.29. The smallest absolute Gasteiger partial charge is 0.258 e. The molecule has 2 rings (SSSR count). The third-order valence-electron chi connectivity index (χ3n) is 3.29. The summed E-state index contributed by atoms with van der Waals surface area (Å²) in [5.41, 5.74) is 6.95. The topological polar surface area (TPSA) is 55.1 Å². The second kappa shape index (κ2) is 5.91. The molecule has 110 valence electrons. The molecule has 0 spiro atoms. The molecule has 1 amide bonds. The van der Waals surface area contributed by atoms with Gasteiger partial charge in [0.15, 0.2) is 5.82 Å². The van der Waals surface area contributed by atoms with Crippen molar-refractivity contribution >= 4 is 17.3 Å². The van der Waals surface area contributed by atoms with Crippen LogP contribution in [0.15, 0.2) is 30.3 Å². The number of anilines is 2. The molecule has 0 atom stereocenters. The van der Waals surface area contributed by atoms with E-state index in [0.29, 0.717) is 12.1 Å². The fraction of sp³-hybridized carbons (Fsp3) is 0.188. The van der Waals surface area contributed by atoms with Crippen LogP contribution in [-0.4, -0.2) is 5.91 Å². The number of nitrogen functional groups attached to an aromatic ring is 1. The minimum atomic E-state index is -0.916. The molecule has 0 radical (unpaired) electrons. The molecule has 0 aliphatic heterocycles. The summed E-state index contributed by atoms with van der Waals surface area (Å²) in [6.45, 7) is 3.79. The van der Waals surface area contributed by atoms with E-state index < -0.39 is 23.1 Å². The molecule has 0 fully saturated rings. The molecule has 5 heteroatoms. The van der Waals surface area contributed by atoms with Gasteiger partial charge in [0.05, 0.1) is 11.3 Å². The van der Waals surface area contributed by atoms with Crippen molar-refractivity contribution in [3.63, 3.8) is 0 Å². The Kier molecular flexibility index (Phi) is 4.21. The predicted molar refractivity (Wildman–Crippen MR) is 79.3 cm³/mol. The van der Waals surface area contributed by atoms with Crippen LogP contribution in [0, 0.1) is 18.6 Å². The van der Waals surface area contributed by atoms with Crippen LogP contribution in [0.4, 0.5) is 20.2 Å². The molecule has 0 heterocycles. The monoisotopic (exact) mass is 290 g/mol. The highest BCUT2D eigenvalue weighted by Gasteiger charge is 2.17. The van der Waals surface area contributed by atoms with Gasteiger partial charge in [-0.3, -0.25) is 4.79 Å². The minimum absolute atomic E-state index is 0.388. The van der Waals surface area contributed by atoms with Crippen molar-refractivity contribution in [3.8, 4) is 0 Å². The van der Waals surface area contributed by atoms with Gasteiger partial charge in [0, 0.05) is 5.69 Å². The highest BCUT2D eigenvalue weighted by atomic mass is 19.1. The predicted octanol–water partition coefficient (Wildman–Crippen LogP) is 3.67. The maximum Gasteiger partial charge on any atom is 0.258 e. The Hall–Kier alpha value is -2.43. The lowest BCUT2D eigenvalue weighted by atomic mass is 10.0. The van der Waals surface area contributed by atoms with Crippen molar-refractivity contribution < 1.29 is 13.6 Å². The fourth-order valence-electron chi connectivity index (χ4n) is 2.16. The zero-order chi connectivity index (χ0) is 15.6. The molecule has 21 heavy (non-hydrogen) atoms. The molecule has 0 saturated carbocycles. The molecule has 3 N–H and O–H groups in total. The van der Waals surface area contributed by atoms with Crippen molar-refractivity contribution in [1.82, 2.24) is 0 Å². The van der Waals surface area contributed by atoms with Gasteiger partial charge in [-0.2, -0.15) is 0 Å². The average Bonchev–Trinajstić information content (AvgIpc) is 2.44. The lowest BCUT2D eigenvalue weighted by Gasteiger charge is -2.13. The molecule has 2 aromatic rings. The molecule has 2 aromatic carbocycles. The summed E-state index contributed by atoms with van der Waals surface area (Å²) in [6.07, 6.45) is 0.713. The number of benzene rings is 2. The van der Waals surface area contributed by atoms with Gasteiger partial charge in [-0.05, 0) is 36.6 Å². The summed E-state index contributed by atoms with van der Waals surface area (Å²) in [6, 6.07) is 7.27. The van der Waals surface area contributed by atoms with Crippen LogP contribution in [-0.2, 0) is 6.42 Å². The van der Waals surface area contributed by atoms with E-state index in [4.69, 9.17) is 5.73 Å². The van der Waals surface area contributed by atoms with Gasteiger partial charge in [0.1, 0.15) is 5.82 Å². The van der Waals surface area contributed by atoms with Gasteiger partial charge in [0.2, 0.25) is 0 Å². The Morgan fingerprint density at radius 3 is 2.67 bits per heavy atom. The summed E-state index contributed by atoms with van der Waals surface area (Å²) in [4.78, 5) is 12.2. The first-order valence-electron chi connectivity index (χ1n) is 6.58. The maximum atomic E-state index is 13.9. The summed E-state index contributed by atoms with van der Waals surface area (Å²) in [5, 5.41) is 2.64. The SMILES string of the molecule is CCc1cccc(C)c1NC(=O)c1cc(F)cc(N)c1F. The number of rotatable bonds is 3. The second-order valence-electron chi connectivity index (χ2n) is 4.77. The normalized spacial score (nSPS) is 10.5. The molecular formula is C16H16F2N2O. The van der Waals surface area contributed by atoms with Gasteiger partial charge < -0.3 is 11.1 Å². The lowest BCUT2D eigenvalue weighted by Crippen LogP contribution is -2.17. The number of carbonyl (C=O) groups excluding carboxylic acids is 1. The summed E-state index contributed by atoms with van der Waals surface area (Å²) >= 11 is 0. The van der Waals surface area contributed by atoms with Crippen molar-refractivity contribution in [2.45, 2.75) is 20.3 Å². The zero-order valence-electron chi connectivity index (χ0n) is 11.8. The van der Waals surface area contributed by atoms with E-state index in [1.807, 2.05) is 32.0 Å². The fourth-order valence-corrected chi connectivity index (χ4v) is 2.16. The van der Waals surface area contributed by atoms with Gasteiger partial charge in [0.25, 0.3) is 5.91 Å². The Labute approximate surface area is 121 Å². The van der Waals surface area contributed by atoms with Crippen LogP contribution in [0.3, 0.4) is 0 Å². The van der Waals surface area contributed by atoms with Crippen LogP contribution < -0.4 is 11.1 Å². The number of para-hydroxylation sites is 1. The Morgan fingerprint density at radius 2 is 2.00 bits per heavy atom. The van der Waals surface area contributed by atoms with Gasteiger partial charge >= 0.3 is 0 Å². The Bertz CT molecular complexity index is 699. The number of hydrogen-bond acceptors (Lipinski definition) is 2. The van der Waals surface area contributed by atoms with E-state index in [9.17, 15) is 13.6 Å². The van der Waals surface area contributed by atoms with Crippen LogP contribution in [0.1, 0.15) is 28.4 Å². The van der Waals surface area contributed by atoms with Crippen LogP contribution in [0.5, 0.6) is 0 Å². The number of carbonyl (C=O) groups is 1. The van der Waals surface area contributed by atoms with Crippen molar-refractivity contribution in [2.75, 3.05) is 11.1 Å². The van der Waals surface area contributed by atoms with Crippen LogP contribution >= 0.6 is 0 Å². The zero-order valence-corrected chi connectivity index (χ0v) is 11.8. The number of nitrogens with one attached hydrogen (secondary N) is 1. The molecule has 0 aliphatic carbocycles. The van der Waals surface area contributed by atoms with Crippen molar-refractivity contribution in [1.29, 1.82) is 0 Å². The first kappa shape index (κ1) is 15.0. The Balaban J connectivity index is 2.40. The molecule has 0 bridgehead atoms.